The summed E-state index contributed by atoms with van der Waals surface area (Å²) >= 11 is 0. The van der Waals surface area contributed by atoms with Crippen LogP contribution in [0, 0.1) is 0 Å². The lowest BCUT2D eigenvalue weighted by Gasteiger charge is -2.29. The second-order valence-corrected chi connectivity index (χ2v) is 5.32. The van der Waals surface area contributed by atoms with Gasteiger partial charge in [-0.05, 0) is 12.5 Å². The highest BCUT2D eigenvalue weighted by Crippen LogP contribution is 2.07. The third kappa shape index (κ3) is 3.58. The first-order valence-electron chi connectivity index (χ1n) is 7.33. The summed E-state index contributed by atoms with van der Waals surface area (Å²) in [7, 11) is 3.69. The van der Waals surface area contributed by atoms with E-state index in [2.05, 4.69) is 15.3 Å². The zero-order valence-electron chi connectivity index (χ0n) is 12.7. The maximum absolute atomic E-state index is 12.4. The molecule has 1 aliphatic rings. The Labute approximate surface area is 120 Å². The first-order valence-corrected chi connectivity index (χ1v) is 7.33. The molecule has 1 aromatic rings. The summed E-state index contributed by atoms with van der Waals surface area (Å²) < 4.78 is 1.68. The molecule has 112 valence electrons. The van der Waals surface area contributed by atoms with Crippen LogP contribution in [0.5, 0.6) is 0 Å². The molecule has 2 rings (SSSR count). The number of rotatable bonds is 5. The SMILES string of the molecule is CCc1cc(C(=O)N(C)CCN2CCNCC2)n(C)n1. The lowest BCUT2D eigenvalue weighted by atomic mass is 10.3. The molecule has 2 heterocycles. The summed E-state index contributed by atoms with van der Waals surface area (Å²) in [6.07, 6.45) is 0.853. The predicted octanol–water partition coefficient (Wildman–Crippen LogP) is -0.0403. The number of likely N-dealkylation sites (N-methyl/N-ethyl adjacent to an activating group) is 1. The molecule has 0 atom stereocenters. The summed E-state index contributed by atoms with van der Waals surface area (Å²) in [4.78, 5) is 16.6. The van der Waals surface area contributed by atoms with E-state index in [0.29, 0.717) is 5.69 Å². The number of nitrogens with zero attached hydrogens (tertiary/aromatic N) is 4. The summed E-state index contributed by atoms with van der Waals surface area (Å²) in [5.74, 6) is 0.0508. The van der Waals surface area contributed by atoms with Crippen LogP contribution < -0.4 is 5.32 Å². The molecule has 0 aromatic carbocycles. The lowest BCUT2D eigenvalue weighted by molar-refractivity contribution is 0.0764. The first kappa shape index (κ1) is 15.0. The highest BCUT2D eigenvalue weighted by Gasteiger charge is 2.18. The summed E-state index contributed by atoms with van der Waals surface area (Å²) in [6, 6.07) is 1.89. The third-order valence-electron chi connectivity index (χ3n) is 3.82. The van der Waals surface area contributed by atoms with Gasteiger partial charge in [-0.2, -0.15) is 5.10 Å². The van der Waals surface area contributed by atoms with Crippen LogP contribution >= 0.6 is 0 Å². The van der Waals surface area contributed by atoms with E-state index < -0.39 is 0 Å². The molecule has 1 aromatic heterocycles. The number of carbonyl (C=O) groups excluding carboxylic acids is 1. The average molecular weight is 279 g/mol. The van der Waals surface area contributed by atoms with Crippen molar-refractivity contribution in [1.82, 2.24) is 24.9 Å². The van der Waals surface area contributed by atoms with E-state index in [1.807, 2.05) is 27.1 Å². The minimum Gasteiger partial charge on any atom is -0.339 e. The van der Waals surface area contributed by atoms with Crippen molar-refractivity contribution in [3.05, 3.63) is 17.5 Å². The topological polar surface area (TPSA) is 53.4 Å². The van der Waals surface area contributed by atoms with Gasteiger partial charge in [-0.25, -0.2) is 0 Å². The molecule has 0 saturated carbocycles. The molecule has 20 heavy (non-hydrogen) atoms. The number of aromatic nitrogens is 2. The third-order valence-corrected chi connectivity index (χ3v) is 3.82. The minimum absolute atomic E-state index is 0.0508. The Kier molecular flexibility index (Phi) is 5.14. The van der Waals surface area contributed by atoms with E-state index in [-0.39, 0.29) is 5.91 Å². The van der Waals surface area contributed by atoms with Crippen molar-refractivity contribution in [3.63, 3.8) is 0 Å². The molecule has 1 N–H and O–H groups in total. The smallest absolute Gasteiger partial charge is 0.271 e. The Hall–Kier alpha value is -1.40. The first-order chi connectivity index (χ1) is 9.61. The van der Waals surface area contributed by atoms with Crippen molar-refractivity contribution < 1.29 is 4.79 Å². The van der Waals surface area contributed by atoms with Crippen molar-refractivity contribution in [3.8, 4) is 0 Å². The highest BCUT2D eigenvalue weighted by molar-refractivity contribution is 5.92. The molecule has 0 radical (unpaired) electrons. The number of amides is 1. The van der Waals surface area contributed by atoms with Crippen molar-refractivity contribution >= 4 is 5.91 Å². The zero-order valence-corrected chi connectivity index (χ0v) is 12.7. The number of carbonyl (C=O) groups is 1. The fourth-order valence-corrected chi connectivity index (χ4v) is 2.42. The van der Waals surface area contributed by atoms with E-state index in [1.54, 1.807) is 9.58 Å². The van der Waals surface area contributed by atoms with E-state index in [9.17, 15) is 4.79 Å². The van der Waals surface area contributed by atoms with Crippen LogP contribution in [0.2, 0.25) is 0 Å². The molecule has 0 unspecified atom stereocenters. The van der Waals surface area contributed by atoms with Gasteiger partial charge >= 0.3 is 0 Å². The van der Waals surface area contributed by atoms with E-state index >= 15 is 0 Å². The van der Waals surface area contributed by atoms with Gasteiger partial charge in [-0.1, -0.05) is 6.92 Å². The highest BCUT2D eigenvalue weighted by atomic mass is 16.2. The number of aryl methyl sites for hydroxylation is 2. The van der Waals surface area contributed by atoms with E-state index in [0.717, 1.165) is 51.4 Å². The van der Waals surface area contributed by atoms with Crippen LogP contribution in [0.15, 0.2) is 6.07 Å². The number of hydrogen-bond acceptors (Lipinski definition) is 4. The standard InChI is InChI=1S/C14H25N5O/c1-4-12-11-13(18(3)16-12)14(20)17(2)9-10-19-7-5-15-6-8-19/h11,15H,4-10H2,1-3H3. The van der Waals surface area contributed by atoms with Crippen LogP contribution in [0.4, 0.5) is 0 Å². The van der Waals surface area contributed by atoms with Crippen molar-refractivity contribution in [2.24, 2.45) is 7.05 Å². The zero-order chi connectivity index (χ0) is 14.5. The Morgan fingerprint density at radius 3 is 2.75 bits per heavy atom. The van der Waals surface area contributed by atoms with Crippen LogP contribution in [0.1, 0.15) is 23.1 Å². The largest absolute Gasteiger partial charge is 0.339 e. The maximum Gasteiger partial charge on any atom is 0.271 e. The van der Waals surface area contributed by atoms with Gasteiger partial charge in [0.05, 0.1) is 5.69 Å². The number of piperazine rings is 1. The van der Waals surface area contributed by atoms with Gasteiger partial charge in [0, 0.05) is 53.4 Å². The van der Waals surface area contributed by atoms with Crippen molar-refractivity contribution in [2.45, 2.75) is 13.3 Å². The van der Waals surface area contributed by atoms with Gasteiger partial charge in [0.2, 0.25) is 0 Å². The maximum atomic E-state index is 12.4. The van der Waals surface area contributed by atoms with Crippen molar-refractivity contribution in [1.29, 1.82) is 0 Å². The predicted molar refractivity (Wildman–Crippen MR) is 78.9 cm³/mol. The number of nitrogens with one attached hydrogen (secondary N) is 1. The van der Waals surface area contributed by atoms with Crippen LogP contribution in [-0.2, 0) is 13.5 Å². The molecular weight excluding hydrogens is 254 g/mol. The Morgan fingerprint density at radius 2 is 2.15 bits per heavy atom. The molecule has 0 bridgehead atoms. The van der Waals surface area contributed by atoms with Gasteiger partial charge in [0.25, 0.3) is 5.91 Å². The molecule has 1 fully saturated rings. The van der Waals surface area contributed by atoms with Gasteiger partial charge in [0.15, 0.2) is 0 Å². The fourth-order valence-electron chi connectivity index (χ4n) is 2.42. The summed E-state index contributed by atoms with van der Waals surface area (Å²) in [6.45, 7) is 7.94. The van der Waals surface area contributed by atoms with E-state index in [4.69, 9.17) is 0 Å². The normalized spacial score (nSPS) is 16.4. The summed E-state index contributed by atoms with van der Waals surface area (Å²) in [5.41, 5.74) is 1.64. The van der Waals surface area contributed by atoms with Crippen molar-refractivity contribution in [2.75, 3.05) is 46.3 Å². The molecule has 0 aliphatic carbocycles. The Morgan fingerprint density at radius 1 is 1.45 bits per heavy atom. The second kappa shape index (κ2) is 6.85. The second-order valence-electron chi connectivity index (χ2n) is 5.32. The minimum atomic E-state index is 0.0508. The quantitative estimate of drug-likeness (QED) is 0.822. The molecule has 6 nitrogen and oxygen atoms in total. The molecule has 1 aliphatic heterocycles. The van der Waals surface area contributed by atoms with Crippen LogP contribution in [-0.4, -0.2) is 71.8 Å². The molecular formula is C14H25N5O. The van der Waals surface area contributed by atoms with Crippen LogP contribution in [0.25, 0.3) is 0 Å². The van der Waals surface area contributed by atoms with Gasteiger partial charge in [-0.3, -0.25) is 14.4 Å². The molecule has 1 saturated heterocycles. The van der Waals surface area contributed by atoms with Gasteiger partial charge in [0.1, 0.15) is 5.69 Å². The van der Waals surface area contributed by atoms with E-state index in [1.165, 1.54) is 0 Å². The average Bonchev–Trinajstić information content (AvgIpc) is 2.86. The Bertz CT molecular complexity index is 450. The molecule has 6 heteroatoms. The molecule has 0 spiro atoms. The monoisotopic (exact) mass is 279 g/mol. The van der Waals surface area contributed by atoms with Crippen LogP contribution in [0.3, 0.4) is 0 Å². The lowest BCUT2D eigenvalue weighted by Crippen LogP contribution is -2.46. The number of hydrogen-bond donors (Lipinski definition) is 1. The fraction of sp³-hybridized carbons (Fsp3) is 0.714. The van der Waals surface area contributed by atoms with Gasteiger partial charge < -0.3 is 10.2 Å². The van der Waals surface area contributed by atoms with Gasteiger partial charge in [-0.15, -0.1) is 0 Å². The molecule has 1 amide bonds. The Balaban J connectivity index is 1.88. The summed E-state index contributed by atoms with van der Waals surface area (Å²) in [5, 5.41) is 7.67.